The summed E-state index contributed by atoms with van der Waals surface area (Å²) in [7, 11) is 0. The zero-order valence-corrected chi connectivity index (χ0v) is 16.3. The van der Waals surface area contributed by atoms with Gasteiger partial charge in [0, 0.05) is 5.92 Å². The van der Waals surface area contributed by atoms with Crippen LogP contribution in [-0.4, -0.2) is 5.71 Å². The summed E-state index contributed by atoms with van der Waals surface area (Å²) in [5.41, 5.74) is 5.43. The fraction of sp³-hybridized carbons (Fsp3) is 0.417. The Morgan fingerprint density at radius 3 is 2.48 bits per heavy atom. The predicted molar refractivity (Wildman–Crippen MR) is 108 cm³/mol. The zero-order chi connectivity index (χ0) is 19.0. The van der Waals surface area contributed by atoms with Crippen LogP contribution in [0.1, 0.15) is 57.3 Å². The van der Waals surface area contributed by atoms with Gasteiger partial charge in [0.2, 0.25) is 0 Å². The van der Waals surface area contributed by atoms with Gasteiger partial charge in [0.1, 0.15) is 6.10 Å². The average Bonchev–Trinajstić information content (AvgIpc) is 3.12. The third-order valence-electron chi connectivity index (χ3n) is 6.68. The Kier molecular flexibility index (Phi) is 4.52. The number of fused-ring (bicyclic) bond motifs is 2. The van der Waals surface area contributed by atoms with Gasteiger partial charge in [-0.05, 0) is 60.3 Å². The highest BCUT2D eigenvalue weighted by molar-refractivity contribution is 5.90. The fourth-order valence-electron chi connectivity index (χ4n) is 4.83. The molecule has 3 heteroatoms. The lowest BCUT2D eigenvalue weighted by Gasteiger charge is -2.23. The SMILES string of the molecule is CC(ON=C1CC2CCC1C2(C)C)c1ccc(-c2ccccc2C#N)cc1. The van der Waals surface area contributed by atoms with Crippen molar-refractivity contribution in [2.75, 3.05) is 0 Å². The Balaban J connectivity index is 1.47. The summed E-state index contributed by atoms with van der Waals surface area (Å²) >= 11 is 0. The van der Waals surface area contributed by atoms with Crippen molar-refractivity contribution in [1.29, 1.82) is 5.26 Å². The minimum Gasteiger partial charge on any atom is -0.388 e. The Bertz CT molecular complexity index is 905. The van der Waals surface area contributed by atoms with Crippen molar-refractivity contribution >= 4 is 5.71 Å². The maximum Gasteiger partial charge on any atom is 0.149 e. The topological polar surface area (TPSA) is 45.4 Å². The molecule has 2 aromatic rings. The summed E-state index contributed by atoms with van der Waals surface area (Å²) in [6.45, 7) is 6.79. The van der Waals surface area contributed by atoms with Crippen LogP contribution in [0.5, 0.6) is 0 Å². The normalized spacial score (nSPS) is 25.3. The lowest BCUT2D eigenvalue weighted by atomic mass is 9.82. The van der Waals surface area contributed by atoms with Crippen LogP contribution in [0.25, 0.3) is 11.1 Å². The van der Waals surface area contributed by atoms with Crippen LogP contribution in [0.3, 0.4) is 0 Å². The monoisotopic (exact) mass is 358 g/mol. The molecule has 2 saturated carbocycles. The third-order valence-corrected chi connectivity index (χ3v) is 6.68. The standard InChI is InChI=1S/C24H26N2O/c1-16(27-26-23-14-20-12-13-22(23)24(20,2)3)17-8-10-18(11-9-17)21-7-5-4-6-19(21)15-25/h4-11,16,20,22H,12-14H2,1-3H3. The molecule has 0 heterocycles. The molecule has 0 radical (unpaired) electrons. The van der Waals surface area contributed by atoms with Gasteiger partial charge in [0.15, 0.2) is 0 Å². The lowest BCUT2D eigenvalue weighted by molar-refractivity contribution is 0.0704. The van der Waals surface area contributed by atoms with Gasteiger partial charge in [-0.3, -0.25) is 0 Å². The van der Waals surface area contributed by atoms with E-state index in [2.05, 4.69) is 49.3 Å². The molecular weight excluding hydrogens is 332 g/mol. The molecule has 2 aliphatic rings. The van der Waals surface area contributed by atoms with E-state index in [1.165, 1.54) is 18.6 Å². The van der Waals surface area contributed by atoms with Gasteiger partial charge in [0.05, 0.1) is 17.3 Å². The van der Waals surface area contributed by atoms with Gasteiger partial charge in [-0.2, -0.15) is 5.26 Å². The molecule has 3 nitrogen and oxygen atoms in total. The number of nitriles is 1. The molecular formula is C24H26N2O. The number of rotatable bonds is 4. The molecule has 138 valence electrons. The van der Waals surface area contributed by atoms with Gasteiger partial charge < -0.3 is 4.84 Å². The number of oxime groups is 1. The first-order valence-corrected chi connectivity index (χ1v) is 9.82. The van der Waals surface area contributed by atoms with Crippen LogP contribution in [0.15, 0.2) is 53.7 Å². The first-order valence-electron chi connectivity index (χ1n) is 9.82. The smallest absolute Gasteiger partial charge is 0.149 e. The van der Waals surface area contributed by atoms with Gasteiger partial charge >= 0.3 is 0 Å². The van der Waals surface area contributed by atoms with E-state index in [-0.39, 0.29) is 6.10 Å². The highest BCUT2D eigenvalue weighted by atomic mass is 16.6. The van der Waals surface area contributed by atoms with Crippen LogP contribution in [0.2, 0.25) is 0 Å². The van der Waals surface area contributed by atoms with Gasteiger partial charge in [-0.25, -0.2) is 0 Å². The van der Waals surface area contributed by atoms with Gasteiger partial charge in [-0.1, -0.05) is 61.5 Å². The molecule has 0 aliphatic heterocycles. The number of nitrogens with zero attached hydrogens (tertiary/aromatic N) is 2. The molecule has 0 aromatic heterocycles. The molecule has 2 aliphatic carbocycles. The van der Waals surface area contributed by atoms with Crippen molar-refractivity contribution in [3.8, 4) is 17.2 Å². The number of benzene rings is 2. The second-order valence-electron chi connectivity index (χ2n) is 8.46. The minimum atomic E-state index is -0.0833. The third kappa shape index (κ3) is 3.14. The van der Waals surface area contributed by atoms with E-state index in [1.807, 2.05) is 31.2 Å². The maximum atomic E-state index is 9.29. The van der Waals surface area contributed by atoms with Crippen molar-refractivity contribution in [1.82, 2.24) is 0 Å². The lowest BCUT2D eigenvalue weighted by Crippen LogP contribution is -2.19. The molecule has 2 fully saturated rings. The molecule has 27 heavy (non-hydrogen) atoms. The average molecular weight is 358 g/mol. The summed E-state index contributed by atoms with van der Waals surface area (Å²) in [5, 5.41) is 13.9. The van der Waals surface area contributed by atoms with Gasteiger partial charge in [0.25, 0.3) is 0 Å². The van der Waals surface area contributed by atoms with Crippen LogP contribution >= 0.6 is 0 Å². The van der Waals surface area contributed by atoms with E-state index in [0.717, 1.165) is 29.0 Å². The molecule has 0 spiro atoms. The van der Waals surface area contributed by atoms with Crippen molar-refractivity contribution < 1.29 is 4.84 Å². The highest BCUT2D eigenvalue weighted by Gasteiger charge is 2.51. The van der Waals surface area contributed by atoms with E-state index >= 15 is 0 Å². The molecule has 0 amide bonds. The predicted octanol–water partition coefficient (Wildman–Crippen LogP) is 6.11. The van der Waals surface area contributed by atoms with E-state index < -0.39 is 0 Å². The summed E-state index contributed by atoms with van der Waals surface area (Å²) in [4.78, 5) is 5.88. The van der Waals surface area contributed by atoms with Crippen LogP contribution < -0.4 is 0 Å². The number of hydrogen-bond donors (Lipinski definition) is 0. The number of hydrogen-bond acceptors (Lipinski definition) is 3. The van der Waals surface area contributed by atoms with Crippen LogP contribution in [0.4, 0.5) is 0 Å². The summed E-state index contributed by atoms with van der Waals surface area (Å²) in [6.07, 6.45) is 3.59. The Morgan fingerprint density at radius 1 is 1.11 bits per heavy atom. The minimum absolute atomic E-state index is 0.0833. The summed E-state index contributed by atoms with van der Waals surface area (Å²) < 4.78 is 0. The molecule has 3 atom stereocenters. The largest absolute Gasteiger partial charge is 0.388 e. The first-order chi connectivity index (χ1) is 13.0. The first kappa shape index (κ1) is 17.8. The molecule has 0 saturated heterocycles. The van der Waals surface area contributed by atoms with Gasteiger partial charge in [-0.15, -0.1) is 0 Å². The Labute approximate surface area is 161 Å². The highest BCUT2D eigenvalue weighted by Crippen LogP contribution is 2.56. The molecule has 4 rings (SSSR count). The molecule has 0 N–H and O–H groups in total. The van der Waals surface area contributed by atoms with Crippen molar-refractivity contribution in [3.05, 3.63) is 59.7 Å². The van der Waals surface area contributed by atoms with Crippen molar-refractivity contribution in [2.24, 2.45) is 22.4 Å². The molecule has 2 bridgehead atoms. The van der Waals surface area contributed by atoms with E-state index in [1.54, 1.807) is 0 Å². The van der Waals surface area contributed by atoms with Crippen molar-refractivity contribution in [3.63, 3.8) is 0 Å². The zero-order valence-electron chi connectivity index (χ0n) is 16.3. The second-order valence-corrected chi connectivity index (χ2v) is 8.46. The van der Waals surface area contributed by atoms with E-state index in [4.69, 9.17) is 4.84 Å². The quantitative estimate of drug-likeness (QED) is 0.618. The second kappa shape index (κ2) is 6.85. The summed E-state index contributed by atoms with van der Waals surface area (Å²) in [6, 6.07) is 18.2. The molecule has 2 aromatic carbocycles. The maximum absolute atomic E-state index is 9.29. The summed E-state index contributed by atoms with van der Waals surface area (Å²) in [5.74, 6) is 1.35. The van der Waals surface area contributed by atoms with E-state index in [9.17, 15) is 5.26 Å². The fourth-order valence-corrected chi connectivity index (χ4v) is 4.83. The Morgan fingerprint density at radius 2 is 1.85 bits per heavy atom. The van der Waals surface area contributed by atoms with Crippen molar-refractivity contribution in [2.45, 2.75) is 46.1 Å². The van der Waals surface area contributed by atoms with Crippen LogP contribution in [0, 0.1) is 28.6 Å². The Hall–Kier alpha value is -2.60. The van der Waals surface area contributed by atoms with E-state index in [0.29, 0.717) is 16.9 Å². The van der Waals surface area contributed by atoms with Crippen LogP contribution in [-0.2, 0) is 4.84 Å². The molecule has 3 unspecified atom stereocenters.